The summed E-state index contributed by atoms with van der Waals surface area (Å²) in [6, 6.07) is 3.42. The number of carbonyl (C=O) groups is 1. The number of morpholine rings is 1. The summed E-state index contributed by atoms with van der Waals surface area (Å²) in [4.78, 5) is 13.6. The van der Waals surface area contributed by atoms with Crippen LogP contribution in [0.25, 0.3) is 0 Å². The van der Waals surface area contributed by atoms with Gasteiger partial charge in [0.1, 0.15) is 17.2 Å². The third-order valence-corrected chi connectivity index (χ3v) is 2.88. The van der Waals surface area contributed by atoms with Crippen LogP contribution in [0.2, 0.25) is 0 Å². The van der Waals surface area contributed by atoms with Crippen LogP contribution in [0.3, 0.4) is 0 Å². The van der Waals surface area contributed by atoms with Gasteiger partial charge in [-0.15, -0.1) is 0 Å². The monoisotopic (exact) mass is 255 g/mol. The molecule has 1 aromatic rings. The summed E-state index contributed by atoms with van der Waals surface area (Å²) in [5.74, 6) is -2.27. The Balaban J connectivity index is 2.26. The van der Waals surface area contributed by atoms with Gasteiger partial charge in [-0.2, -0.15) is 0 Å². The molecular formula is C13H15F2NO2. The average molecular weight is 255 g/mol. The van der Waals surface area contributed by atoms with Crippen LogP contribution in [0.5, 0.6) is 0 Å². The van der Waals surface area contributed by atoms with Crippen molar-refractivity contribution >= 4 is 5.91 Å². The van der Waals surface area contributed by atoms with E-state index in [4.69, 9.17) is 4.74 Å². The predicted molar refractivity (Wildman–Crippen MR) is 62.3 cm³/mol. The largest absolute Gasteiger partial charge is 0.372 e. The molecule has 5 heteroatoms. The molecule has 1 amide bonds. The third-order valence-electron chi connectivity index (χ3n) is 2.88. The summed E-state index contributed by atoms with van der Waals surface area (Å²) >= 11 is 0. The first-order valence-electron chi connectivity index (χ1n) is 5.87. The smallest absolute Gasteiger partial charge is 0.260 e. The molecule has 1 aliphatic heterocycles. The SMILES string of the molecule is CC1CN(C(=O)c2c(F)cccc2F)CC(C)O1. The predicted octanol–water partition coefficient (Wildman–Crippen LogP) is 2.21. The quantitative estimate of drug-likeness (QED) is 0.770. The lowest BCUT2D eigenvalue weighted by Crippen LogP contribution is -2.48. The van der Waals surface area contributed by atoms with Gasteiger partial charge in [0.05, 0.1) is 12.2 Å². The second-order valence-corrected chi connectivity index (χ2v) is 4.56. The number of hydrogen-bond acceptors (Lipinski definition) is 2. The fourth-order valence-electron chi connectivity index (χ4n) is 2.20. The standard InChI is InChI=1S/C13H15F2NO2/c1-8-6-16(7-9(2)18-8)13(17)12-10(14)4-3-5-11(12)15/h3-5,8-9H,6-7H2,1-2H3. The highest BCUT2D eigenvalue weighted by atomic mass is 19.1. The summed E-state index contributed by atoms with van der Waals surface area (Å²) in [6.45, 7) is 4.34. The normalized spacial score (nSPS) is 24.1. The Morgan fingerprint density at radius 2 is 1.72 bits per heavy atom. The molecule has 98 valence electrons. The zero-order valence-electron chi connectivity index (χ0n) is 10.3. The fraction of sp³-hybridized carbons (Fsp3) is 0.462. The summed E-state index contributed by atoms with van der Waals surface area (Å²) < 4.78 is 32.5. The maximum Gasteiger partial charge on any atom is 0.260 e. The number of nitrogens with zero attached hydrogens (tertiary/aromatic N) is 1. The van der Waals surface area contributed by atoms with Crippen LogP contribution in [0.1, 0.15) is 24.2 Å². The molecule has 1 aliphatic rings. The molecule has 2 rings (SSSR count). The van der Waals surface area contributed by atoms with Gasteiger partial charge < -0.3 is 9.64 Å². The maximum absolute atomic E-state index is 13.5. The van der Waals surface area contributed by atoms with E-state index in [2.05, 4.69) is 0 Å². The van der Waals surface area contributed by atoms with Gasteiger partial charge in [-0.25, -0.2) is 8.78 Å². The number of benzene rings is 1. The van der Waals surface area contributed by atoms with Gasteiger partial charge >= 0.3 is 0 Å². The molecule has 1 fully saturated rings. The van der Waals surface area contributed by atoms with E-state index < -0.39 is 23.1 Å². The highest BCUT2D eigenvalue weighted by Crippen LogP contribution is 2.18. The Morgan fingerprint density at radius 1 is 1.22 bits per heavy atom. The van der Waals surface area contributed by atoms with Gasteiger partial charge in [0.15, 0.2) is 0 Å². The van der Waals surface area contributed by atoms with Crippen molar-refractivity contribution in [2.75, 3.05) is 13.1 Å². The molecule has 0 spiro atoms. The third kappa shape index (κ3) is 2.51. The molecule has 18 heavy (non-hydrogen) atoms. The van der Waals surface area contributed by atoms with E-state index in [0.717, 1.165) is 12.1 Å². The van der Waals surface area contributed by atoms with Crippen molar-refractivity contribution in [3.05, 3.63) is 35.4 Å². The van der Waals surface area contributed by atoms with E-state index in [1.165, 1.54) is 11.0 Å². The van der Waals surface area contributed by atoms with Crippen molar-refractivity contribution in [2.45, 2.75) is 26.1 Å². The van der Waals surface area contributed by atoms with E-state index in [1.807, 2.05) is 13.8 Å². The van der Waals surface area contributed by atoms with Crippen molar-refractivity contribution in [1.29, 1.82) is 0 Å². The van der Waals surface area contributed by atoms with E-state index in [-0.39, 0.29) is 12.2 Å². The van der Waals surface area contributed by atoms with Crippen LogP contribution < -0.4 is 0 Å². The average Bonchev–Trinajstić information content (AvgIpc) is 2.27. The lowest BCUT2D eigenvalue weighted by Gasteiger charge is -2.35. The topological polar surface area (TPSA) is 29.5 Å². The zero-order valence-corrected chi connectivity index (χ0v) is 10.3. The van der Waals surface area contributed by atoms with Gasteiger partial charge in [0.2, 0.25) is 0 Å². The lowest BCUT2D eigenvalue weighted by atomic mass is 10.1. The summed E-state index contributed by atoms with van der Waals surface area (Å²) in [5, 5.41) is 0. The Bertz CT molecular complexity index is 434. The summed E-state index contributed by atoms with van der Waals surface area (Å²) in [7, 11) is 0. The number of ether oxygens (including phenoxy) is 1. The number of halogens is 2. The molecule has 3 nitrogen and oxygen atoms in total. The number of carbonyl (C=O) groups excluding carboxylic acids is 1. The molecular weight excluding hydrogens is 240 g/mol. The van der Waals surface area contributed by atoms with Gasteiger partial charge in [-0.05, 0) is 26.0 Å². The first-order chi connectivity index (χ1) is 8.49. The molecule has 1 saturated heterocycles. The van der Waals surface area contributed by atoms with E-state index in [9.17, 15) is 13.6 Å². The zero-order chi connectivity index (χ0) is 13.3. The van der Waals surface area contributed by atoms with Gasteiger partial charge in [-0.1, -0.05) is 6.07 Å². The van der Waals surface area contributed by atoms with Crippen molar-refractivity contribution in [1.82, 2.24) is 4.90 Å². The maximum atomic E-state index is 13.5. The molecule has 0 bridgehead atoms. The molecule has 2 unspecified atom stereocenters. The van der Waals surface area contributed by atoms with E-state index in [1.54, 1.807) is 0 Å². The molecule has 0 aliphatic carbocycles. The summed E-state index contributed by atoms with van der Waals surface area (Å²) in [6.07, 6.45) is -0.264. The fourth-order valence-corrected chi connectivity index (χ4v) is 2.20. The molecule has 0 radical (unpaired) electrons. The Hall–Kier alpha value is -1.49. The van der Waals surface area contributed by atoms with E-state index in [0.29, 0.717) is 13.1 Å². The van der Waals surface area contributed by atoms with Crippen molar-refractivity contribution in [2.24, 2.45) is 0 Å². The second-order valence-electron chi connectivity index (χ2n) is 4.56. The van der Waals surface area contributed by atoms with Crippen molar-refractivity contribution < 1.29 is 18.3 Å². The highest BCUT2D eigenvalue weighted by molar-refractivity contribution is 5.94. The molecule has 1 heterocycles. The van der Waals surface area contributed by atoms with Crippen LogP contribution in [0.15, 0.2) is 18.2 Å². The van der Waals surface area contributed by atoms with Crippen LogP contribution in [-0.2, 0) is 4.74 Å². The van der Waals surface area contributed by atoms with Gasteiger partial charge in [0, 0.05) is 13.1 Å². The molecule has 0 aromatic heterocycles. The number of rotatable bonds is 1. The van der Waals surface area contributed by atoms with Crippen LogP contribution in [0, 0.1) is 11.6 Å². The molecule has 1 aromatic carbocycles. The minimum absolute atomic E-state index is 0.132. The minimum atomic E-state index is -0.827. The second kappa shape index (κ2) is 5.02. The van der Waals surface area contributed by atoms with Crippen molar-refractivity contribution in [3.8, 4) is 0 Å². The lowest BCUT2D eigenvalue weighted by molar-refractivity contribution is -0.0588. The number of hydrogen-bond donors (Lipinski definition) is 0. The van der Waals surface area contributed by atoms with Gasteiger partial charge in [-0.3, -0.25) is 4.79 Å². The Labute approximate surface area is 104 Å². The first-order valence-corrected chi connectivity index (χ1v) is 5.87. The van der Waals surface area contributed by atoms with Crippen LogP contribution >= 0.6 is 0 Å². The highest BCUT2D eigenvalue weighted by Gasteiger charge is 2.29. The molecule has 2 atom stereocenters. The minimum Gasteiger partial charge on any atom is -0.372 e. The van der Waals surface area contributed by atoms with Gasteiger partial charge in [0.25, 0.3) is 5.91 Å². The Morgan fingerprint density at radius 3 is 2.22 bits per heavy atom. The Kier molecular flexibility index (Phi) is 3.61. The first kappa shape index (κ1) is 13.0. The van der Waals surface area contributed by atoms with E-state index >= 15 is 0 Å². The molecule has 0 saturated carbocycles. The van der Waals surface area contributed by atoms with Crippen LogP contribution in [-0.4, -0.2) is 36.1 Å². The van der Waals surface area contributed by atoms with Crippen LogP contribution in [0.4, 0.5) is 8.78 Å². The molecule has 0 N–H and O–H groups in total. The van der Waals surface area contributed by atoms with Crippen molar-refractivity contribution in [3.63, 3.8) is 0 Å². The number of amides is 1. The summed E-state index contributed by atoms with van der Waals surface area (Å²) in [5.41, 5.74) is -0.487.